The molecule has 2 aromatic carbocycles. The van der Waals surface area contributed by atoms with E-state index in [0.717, 1.165) is 30.8 Å². The number of methoxy groups -OCH3 is 1. The number of quaternary nitrogens is 1. The first-order chi connectivity index (χ1) is 14.3. The third kappa shape index (κ3) is 4.46. The minimum atomic E-state index is 0.105. The third-order valence-electron chi connectivity index (χ3n) is 6.05. The van der Waals surface area contributed by atoms with Crippen molar-refractivity contribution in [3.8, 4) is 5.75 Å². The van der Waals surface area contributed by atoms with Gasteiger partial charge in [0, 0.05) is 36.4 Å². The summed E-state index contributed by atoms with van der Waals surface area (Å²) < 4.78 is 5.60. The highest BCUT2D eigenvalue weighted by molar-refractivity contribution is 5.84. The van der Waals surface area contributed by atoms with Gasteiger partial charge >= 0.3 is 0 Å². The third-order valence-corrected chi connectivity index (χ3v) is 6.05. The van der Waals surface area contributed by atoms with Gasteiger partial charge in [0.2, 0.25) is 5.91 Å². The molecule has 0 radical (unpaired) electrons. The quantitative estimate of drug-likeness (QED) is 0.552. The van der Waals surface area contributed by atoms with Gasteiger partial charge in [-0.05, 0) is 30.2 Å². The maximum absolute atomic E-state index is 12.6. The molecule has 2 heterocycles. The number of ether oxygens (including phenoxy) is 1. The van der Waals surface area contributed by atoms with Crippen LogP contribution in [-0.4, -0.2) is 37.6 Å². The molecular formula is C24H30N3O2+. The minimum absolute atomic E-state index is 0.105. The van der Waals surface area contributed by atoms with Crippen molar-refractivity contribution in [1.29, 1.82) is 0 Å². The lowest BCUT2D eigenvalue weighted by Gasteiger charge is -2.26. The second kappa shape index (κ2) is 9.14. The number of nitrogens with one attached hydrogen (secondary N) is 3. The Morgan fingerprint density at radius 2 is 1.90 bits per heavy atom. The van der Waals surface area contributed by atoms with Gasteiger partial charge in [-0.2, -0.15) is 0 Å². The molecule has 0 saturated carbocycles. The molecule has 1 aliphatic rings. The van der Waals surface area contributed by atoms with Crippen molar-refractivity contribution in [3.63, 3.8) is 0 Å². The summed E-state index contributed by atoms with van der Waals surface area (Å²) in [6.45, 7) is 2.93. The van der Waals surface area contributed by atoms with E-state index in [9.17, 15) is 4.79 Å². The van der Waals surface area contributed by atoms with Gasteiger partial charge in [0.25, 0.3) is 0 Å². The Morgan fingerprint density at radius 3 is 2.72 bits per heavy atom. The molecule has 1 fully saturated rings. The van der Waals surface area contributed by atoms with Crippen molar-refractivity contribution in [2.45, 2.75) is 31.7 Å². The Labute approximate surface area is 172 Å². The number of carbonyl (C=O) groups is 1. The van der Waals surface area contributed by atoms with Crippen molar-refractivity contribution in [1.82, 2.24) is 10.3 Å². The van der Waals surface area contributed by atoms with Crippen LogP contribution in [0.25, 0.3) is 10.9 Å². The normalized spacial score (nSPS) is 15.5. The van der Waals surface area contributed by atoms with E-state index in [1.807, 2.05) is 30.5 Å². The minimum Gasteiger partial charge on any atom is -0.496 e. The molecule has 5 nitrogen and oxygen atoms in total. The number of aromatic amines is 1. The molecule has 1 aromatic heterocycles. The predicted molar refractivity (Wildman–Crippen MR) is 115 cm³/mol. The monoisotopic (exact) mass is 392 g/mol. The maximum Gasteiger partial charge on any atom is 0.220 e. The molecule has 1 amide bonds. The molecule has 4 rings (SSSR count). The molecule has 0 aliphatic carbocycles. The number of aromatic nitrogens is 1. The van der Waals surface area contributed by atoms with Crippen molar-refractivity contribution in [2.75, 3.05) is 26.7 Å². The fraction of sp³-hybridized carbons (Fsp3) is 0.375. The van der Waals surface area contributed by atoms with Gasteiger partial charge in [-0.25, -0.2) is 0 Å². The molecule has 5 heteroatoms. The van der Waals surface area contributed by atoms with Crippen LogP contribution in [0.2, 0.25) is 0 Å². The number of fused-ring (bicyclic) bond motifs is 1. The summed E-state index contributed by atoms with van der Waals surface area (Å²) in [6.07, 6.45) is 5.75. The van der Waals surface area contributed by atoms with Gasteiger partial charge in [0.15, 0.2) is 0 Å². The predicted octanol–water partition coefficient (Wildman–Crippen LogP) is 2.65. The Balaban J connectivity index is 1.39. The summed E-state index contributed by atoms with van der Waals surface area (Å²) in [5.74, 6) is 1.01. The summed E-state index contributed by atoms with van der Waals surface area (Å²) in [5.41, 5.74) is 3.50. The smallest absolute Gasteiger partial charge is 0.220 e. The fourth-order valence-corrected chi connectivity index (χ4v) is 4.50. The van der Waals surface area contributed by atoms with Crippen LogP contribution in [0.5, 0.6) is 5.75 Å². The Kier molecular flexibility index (Phi) is 6.15. The molecule has 3 N–H and O–H groups in total. The number of aryl methyl sites for hydroxylation is 1. The Morgan fingerprint density at radius 1 is 1.14 bits per heavy atom. The standard InChI is InChI=1S/C24H29N3O2/c1-29-23-11-5-3-9-20(23)22(27-14-6-7-15-27)17-26-24(28)13-12-18-16-25-21-10-4-2-8-19(18)21/h2-5,8-11,16,22,25H,6-7,12-15,17H2,1H3,(H,26,28)/p+1/t22-/m1/s1. The molecule has 0 unspecified atom stereocenters. The summed E-state index contributed by atoms with van der Waals surface area (Å²) in [5, 5.41) is 4.40. The van der Waals surface area contributed by atoms with Gasteiger partial charge in [-0.15, -0.1) is 0 Å². The van der Waals surface area contributed by atoms with E-state index in [4.69, 9.17) is 4.74 Å². The Hall–Kier alpha value is -2.79. The largest absolute Gasteiger partial charge is 0.496 e. The number of rotatable bonds is 8. The van der Waals surface area contributed by atoms with E-state index in [-0.39, 0.29) is 11.9 Å². The molecule has 152 valence electrons. The summed E-state index contributed by atoms with van der Waals surface area (Å²) >= 11 is 0. The van der Waals surface area contributed by atoms with E-state index in [0.29, 0.717) is 13.0 Å². The SMILES string of the molecule is COc1ccccc1[C@@H](CNC(=O)CCc1c[nH]c2ccccc12)[NH+]1CCCC1. The van der Waals surface area contributed by atoms with E-state index in [1.165, 1.54) is 34.3 Å². The highest BCUT2D eigenvalue weighted by Crippen LogP contribution is 2.23. The second-order valence-corrected chi connectivity index (χ2v) is 7.82. The van der Waals surface area contributed by atoms with Crippen LogP contribution in [0.4, 0.5) is 0 Å². The number of carbonyl (C=O) groups excluding carboxylic acids is 1. The summed E-state index contributed by atoms with van der Waals surface area (Å²) in [4.78, 5) is 17.4. The lowest BCUT2D eigenvalue weighted by atomic mass is 10.0. The van der Waals surface area contributed by atoms with E-state index in [1.54, 1.807) is 7.11 Å². The summed E-state index contributed by atoms with van der Waals surface area (Å²) in [6, 6.07) is 16.7. The average molecular weight is 393 g/mol. The van der Waals surface area contributed by atoms with Crippen molar-refractivity contribution >= 4 is 16.8 Å². The lowest BCUT2D eigenvalue weighted by molar-refractivity contribution is -0.918. The van der Waals surface area contributed by atoms with Gasteiger partial charge in [-0.3, -0.25) is 4.79 Å². The van der Waals surface area contributed by atoms with E-state index in [2.05, 4.69) is 34.6 Å². The van der Waals surface area contributed by atoms with Crippen LogP contribution in [-0.2, 0) is 11.2 Å². The number of amides is 1. The van der Waals surface area contributed by atoms with Crippen molar-refractivity contribution in [2.24, 2.45) is 0 Å². The van der Waals surface area contributed by atoms with Gasteiger partial charge in [0.1, 0.15) is 11.8 Å². The zero-order chi connectivity index (χ0) is 20.1. The molecule has 1 atom stereocenters. The lowest BCUT2D eigenvalue weighted by Crippen LogP contribution is -3.11. The first kappa shape index (κ1) is 19.5. The molecule has 29 heavy (non-hydrogen) atoms. The van der Waals surface area contributed by atoms with Crippen LogP contribution in [0.1, 0.15) is 36.4 Å². The summed E-state index contributed by atoms with van der Waals surface area (Å²) in [7, 11) is 1.72. The molecule has 3 aromatic rings. The van der Waals surface area contributed by atoms with Crippen LogP contribution in [0.15, 0.2) is 54.7 Å². The van der Waals surface area contributed by atoms with Crippen LogP contribution in [0, 0.1) is 0 Å². The second-order valence-electron chi connectivity index (χ2n) is 7.82. The van der Waals surface area contributed by atoms with Gasteiger partial charge in [0.05, 0.1) is 32.3 Å². The van der Waals surface area contributed by atoms with Crippen molar-refractivity contribution < 1.29 is 14.4 Å². The van der Waals surface area contributed by atoms with Crippen LogP contribution < -0.4 is 15.0 Å². The molecule has 1 saturated heterocycles. The number of hydrogen-bond donors (Lipinski definition) is 3. The number of hydrogen-bond acceptors (Lipinski definition) is 2. The fourth-order valence-electron chi connectivity index (χ4n) is 4.50. The van der Waals surface area contributed by atoms with Gasteiger partial charge < -0.3 is 19.9 Å². The first-order valence-corrected chi connectivity index (χ1v) is 10.6. The van der Waals surface area contributed by atoms with Crippen LogP contribution in [0.3, 0.4) is 0 Å². The average Bonchev–Trinajstić information content (AvgIpc) is 3.43. The highest BCUT2D eigenvalue weighted by Gasteiger charge is 2.29. The highest BCUT2D eigenvalue weighted by atomic mass is 16.5. The maximum atomic E-state index is 12.6. The zero-order valence-corrected chi connectivity index (χ0v) is 17.0. The van der Waals surface area contributed by atoms with E-state index < -0.39 is 0 Å². The topological polar surface area (TPSA) is 58.6 Å². The molecular weight excluding hydrogens is 362 g/mol. The number of para-hydroxylation sites is 2. The van der Waals surface area contributed by atoms with Gasteiger partial charge in [-0.1, -0.05) is 30.3 Å². The first-order valence-electron chi connectivity index (χ1n) is 10.6. The number of H-pyrrole nitrogens is 1. The van der Waals surface area contributed by atoms with Crippen molar-refractivity contribution in [3.05, 3.63) is 65.9 Å². The molecule has 1 aliphatic heterocycles. The number of benzene rings is 2. The van der Waals surface area contributed by atoms with E-state index >= 15 is 0 Å². The van der Waals surface area contributed by atoms with Crippen LogP contribution >= 0.6 is 0 Å². The molecule has 0 bridgehead atoms. The number of likely N-dealkylation sites (tertiary alicyclic amines) is 1. The molecule has 0 spiro atoms. The Bertz CT molecular complexity index is 959. The zero-order valence-electron chi connectivity index (χ0n) is 17.0.